The van der Waals surface area contributed by atoms with Gasteiger partial charge in [0.25, 0.3) is 0 Å². The molecule has 0 unspecified atom stereocenters. The summed E-state index contributed by atoms with van der Waals surface area (Å²) in [4.78, 5) is 0. The van der Waals surface area contributed by atoms with E-state index in [1.165, 1.54) is 0 Å². The first-order chi connectivity index (χ1) is 34.6. The van der Waals surface area contributed by atoms with Crippen LogP contribution in [0.4, 0.5) is 0 Å². The van der Waals surface area contributed by atoms with Crippen LogP contribution in [-0.4, -0.2) is 0 Å². The van der Waals surface area contributed by atoms with Crippen LogP contribution in [0.3, 0.4) is 0 Å². The number of benzene rings is 9. The predicted molar refractivity (Wildman–Crippen MR) is 218 cm³/mol. The Hall–Kier alpha value is -6.90. The fourth-order valence-corrected chi connectivity index (χ4v) is 6.93. The molecular formula is C50H30O2. The van der Waals surface area contributed by atoms with E-state index in [0.29, 0.717) is 16.7 Å². The molecule has 11 aromatic rings. The van der Waals surface area contributed by atoms with E-state index in [1.807, 2.05) is 0 Å². The van der Waals surface area contributed by atoms with Gasteiger partial charge in [-0.25, -0.2) is 0 Å². The van der Waals surface area contributed by atoms with Gasteiger partial charge in [-0.15, -0.1) is 0 Å². The quantitative estimate of drug-likeness (QED) is 0.173. The maximum Gasteiger partial charge on any atom is 0.136 e. The van der Waals surface area contributed by atoms with Gasteiger partial charge in [-0.3, -0.25) is 0 Å². The van der Waals surface area contributed by atoms with Crippen molar-refractivity contribution in [2.75, 3.05) is 0 Å². The third-order valence-corrected chi connectivity index (χ3v) is 9.11. The number of para-hydroxylation sites is 1. The Morgan fingerprint density at radius 2 is 0.865 bits per heavy atom. The maximum atomic E-state index is 9.95. The summed E-state index contributed by atoms with van der Waals surface area (Å²) in [7, 11) is 0. The summed E-state index contributed by atoms with van der Waals surface area (Å²) in [5, 5.41) is -2.32. The van der Waals surface area contributed by atoms with Gasteiger partial charge < -0.3 is 8.83 Å². The molecule has 2 heteroatoms. The molecule has 2 nitrogen and oxygen atoms in total. The molecule has 0 saturated carbocycles. The molecular weight excluding hydrogens is 633 g/mol. The first-order valence-electron chi connectivity index (χ1n) is 26.6. The molecule has 0 amide bonds. The molecule has 9 aromatic carbocycles. The van der Waals surface area contributed by atoms with E-state index < -0.39 is 171 Å². The smallest absolute Gasteiger partial charge is 0.136 e. The normalized spacial score (nSPS) is 17.5. The topological polar surface area (TPSA) is 26.3 Å². The molecule has 0 aliphatic rings. The maximum absolute atomic E-state index is 9.95. The number of fused-ring (bicyclic) bond motifs is 9. The Balaban J connectivity index is 1.33. The second-order valence-corrected chi connectivity index (χ2v) is 11.9. The van der Waals surface area contributed by atoms with Gasteiger partial charge in [-0.05, 0) is 102 Å². The van der Waals surface area contributed by atoms with Crippen LogP contribution < -0.4 is 0 Å². The fourth-order valence-electron chi connectivity index (χ4n) is 6.93. The van der Waals surface area contributed by atoms with Gasteiger partial charge in [-0.2, -0.15) is 0 Å². The van der Waals surface area contributed by atoms with Crippen molar-refractivity contribution in [1.82, 2.24) is 0 Å². The van der Waals surface area contributed by atoms with Gasteiger partial charge in [0.15, 0.2) is 0 Å². The third kappa shape index (κ3) is 4.31. The lowest BCUT2D eigenvalue weighted by Crippen LogP contribution is -1.92. The summed E-state index contributed by atoms with van der Waals surface area (Å²) >= 11 is 0. The largest absolute Gasteiger partial charge is 0.456 e. The van der Waals surface area contributed by atoms with E-state index >= 15 is 0 Å². The molecule has 0 saturated heterocycles. The molecule has 2 heterocycles. The van der Waals surface area contributed by atoms with Gasteiger partial charge in [0.1, 0.15) is 22.3 Å². The molecule has 0 aliphatic carbocycles. The van der Waals surface area contributed by atoms with Gasteiger partial charge >= 0.3 is 0 Å². The predicted octanol–water partition coefficient (Wildman–Crippen LogP) is 14.5. The molecule has 0 N–H and O–H groups in total. The van der Waals surface area contributed by atoms with Crippen molar-refractivity contribution >= 4 is 65.4 Å². The monoisotopic (exact) mass is 683 g/mol. The molecule has 0 aliphatic heterocycles. The second-order valence-electron chi connectivity index (χ2n) is 11.9. The van der Waals surface area contributed by atoms with E-state index in [1.54, 1.807) is 54.6 Å². The van der Waals surface area contributed by atoms with Crippen molar-refractivity contribution < 1.29 is 37.6 Å². The standard InChI is InChI=1S/C50H30O2/c1-2-13-31(14-3-1)35-17-4-5-18-36(35)48-39-21-8-6-19-37(39)47(38-20-7-9-22-40(38)48)34-16-12-15-32(29-34)33-25-26-42-46(30-33)52-45-28-27-44-49(50(42)45)41-23-10-11-24-43(41)51-44/h1-30H/i6D,7D,8D,9D,10D,11D,12D,15D,16D,19D,20D,21D,22D,23D,24D,25D,26D,27D,28D,29D,30D. The third-order valence-electron chi connectivity index (χ3n) is 9.11. The number of hydrogen-bond donors (Lipinski definition) is 0. The van der Waals surface area contributed by atoms with Gasteiger partial charge in [0, 0.05) is 21.5 Å². The lowest BCUT2D eigenvalue weighted by Gasteiger charge is -2.20. The van der Waals surface area contributed by atoms with Gasteiger partial charge in [0.2, 0.25) is 0 Å². The molecule has 0 bridgehead atoms. The zero-order valence-corrected chi connectivity index (χ0v) is 26.5. The minimum atomic E-state index is -0.939. The van der Waals surface area contributed by atoms with Crippen molar-refractivity contribution in [2.24, 2.45) is 0 Å². The minimum absolute atomic E-state index is 0.0375. The van der Waals surface area contributed by atoms with Crippen molar-refractivity contribution in [2.45, 2.75) is 0 Å². The van der Waals surface area contributed by atoms with Crippen molar-refractivity contribution in [1.29, 1.82) is 0 Å². The summed E-state index contributed by atoms with van der Waals surface area (Å²) < 4.78 is 204. The summed E-state index contributed by atoms with van der Waals surface area (Å²) in [5.41, 5.74) is -2.89. The first-order valence-corrected chi connectivity index (χ1v) is 16.1. The summed E-state index contributed by atoms with van der Waals surface area (Å²) in [6.45, 7) is 0. The number of furan rings is 2. The highest BCUT2D eigenvalue weighted by Crippen LogP contribution is 2.47. The summed E-state index contributed by atoms with van der Waals surface area (Å²) in [6.07, 6.45) is 0. The molecule has 0 spiro atoms. The van der Waals surface area contributed by atoms with Crippen LogP contribution in [0, 0.1) is 0 Å². The van der Waals surface area contributed by atoms with Crippen molar-refractivity contribution in [3.63, 3.8) is 0 Å². The molecule has 52 heavy (non-hydrogen) atoms. The Bertz CT molecular complexity index is 4310. The second kappa shape index (κ2) is 11.3. The van der Waals surface area contributed by atoms with Crippen LogP contribution >= 0.6 is 0 Å². The van der Waals surface area contributed by atoms with Crippen molar-refractivity contribution in [3.05, 3.63) is 181 Å². The highest BCUT2D eigenvalue weighted by molar-refractivity contribution is 6.26. The van der Waals surface area contributed by atoms with E-state index in [9.17, 15) is 15.1 Å². The molecule has 2 aromatic heterocycles. The average molecular weight is 684 g/mol. The van der Waals surface area contributed by atoms with E-state index in [4.69, 9.17) is 22.5 Å². The van der Waals surface area contributed by atoms with E-state index in [-0.39, 0.29) is 49.0 Å². The zero-order chi connectivity index (χ0) is 52.4. The van der Waals surface area contributed by atoms with E-state index in [0.717, 1.165) is 0 Å². The van der Waals surface area contributed by atoms with Gasteiger partial charge in [-0.1, -0.05) is 145 Å². The molecule has 0 atom stereocenters. The van der Waals surface area contributed by atoms with Crippen molar-refractivity contribution in [3.8, 4) is 44.5 Å². The average Bonchev–Trinajstić information content (AvgIpc) is 3.99. The Kier molecular flexibility index (Phi) is 3.29. The van der Waals surface area contributed by atoms with Crippen LogP contribution in [0.15, 0.2) is 190 Å². The lowest BCUT2D eigenvalue weighted by molar-refractivity contribution is 0.663. The molecule has 0 radical (unpaired) electrons. The SMILES string of the molecule is [2H]c1c([2H])c(-c2c([2H])c([2H])c3c(oc4c([2H])c([2H])c5oc6c([2H])c([2H])c([2H])c([2H])c6c5c43)c2[2H])c([2H])c(-c2c3c([2H])c([2H])c([2H])c([2H])c3c(-c3ccccc3-c3ccccc3)c3c([2H])c([2H])c([2H])c([2H])c23)c1[2H]. The fraction of sp³-hybridized carbons (Fsp3) is 0. The number of hydrogen-bond acceptors (Lipinski definition) is 2. The lowest BCUT2D eigenvalue weighted by atomic mass is 9.83. The zero-order valence-electron chi connectivity index (χ0n) is 47.5. The molecule has 11 rings (SSSR count). The van der Waals surface area contributed by atoms with Crippen LogP contribution in [0.5, 0.6) is 0 Å². The molecule has 0 fully saturated rings. The highest BCUT2D eigenvalue weighted by Gasteiger charge is 2.20. The summed E-state index contributed by atoms with van der Waals surface area (Å²) in [5.74, 6) is 0. The molecule has 242 valence electrons. The highest BCUT2D eigenvalue weighted by atomic mass is 16.3. The Labute approximate surface area is 329 Å². The summed E-state index contributed by atoms with van der Waals surface area (Å²) in [6, 6.07) is -0.000545. The van der Waals surface area contributed by atoms with Crippen LogP contribution in [0.1, 0.15) is 28.8 Å². The van der Waals surface area contributed by atoms with Gasteiger partial charge in [0.05, 0.1) is 28.8 Å². The van der Waals surface area contributed by atoms with Crippen LogP contribution in [0.2, 0.25) is 0 Å². The Morgan fingerprint density at radius 1 is 0.327 bits per heavy atom. The Morgan fingerprint density at radius 3 is 1.58 bits per heavy atom. The van der Waals surface area contributed by atoms with Crippen LogP contribution in [0.25, 0.3) is 110 Å². The first kappa shape index (κ1) is 15.1. The minimum Gasteiger partial charge on any atom is -0.456 e. The van der Waals surface area contributed by atoms with Crippen LogP contribution in [-0.2, 0) is 0 Å². The number of rotatable bonds is 4. The van der Waals surface area contributed by atoms with E-state index in [2.05, 4.69) is 0 Å².